The van der Waals surface area contributed by atoms with Crippen LogP contribution in [0.25, 0.3) is 0 Å². The number of nitrogens with two attached hydrogens (primary N) is 1. The van der Waals surface area contributed by atoms with E-state index in [-0.39, 0.29) is 6.42 Å². The Labute approximate surface area is 125 Å². The van der Waals surface area contributed by atoms with Gasteiger partial charge in [0.25, 0.3) is 0 Å². The van der Waals surface area contributed by atoms with Crippen LogP contribution in [0.5, 0.6) is 0 Å². The van der Waals surface area contributed by atoms with Gasteiger partial charge in [-0.1, -0.05) is 44.9 Å². The van der Waals surface area contributed by atoms with Gasteiger partial charge in [-0.25, -0.2) is 9.59 Å². The van der Waals surface area contributed by atoms with Crippen LogP contribution in [0.2, 0.25) is 0 Å². The molecule has 0 saturated carbocycles. The third kappa shape index (κ3) is 16.2. The summed E-state index contributed by atoms with van der Waals surface area (Å²) in [4.78, 5) is 31.4. The van der Waals surface area contributed by atoms with Gasteiger partial charge in [-0.3, -0.25) is 4.79 Å². The van der Waals surface area contributed by atoms with Crippen molar-refractivity contribution in [3.8, 4) is 0 Å². The van der Waals surface area contributed by atoms with Gasteiger partial charge in [0.15, 0.2) is 0 Å². The van der Waals surface area contributed by atoms with Crippen molar-refractivity contribution in [1.29, 1.82) is 0 Å². The Morgan fingerprint density at radius 1 is 0.857 bits per heavy atom. The Bertz CT molecular complexity index is 320. The summed E-state index contributed by atoms with van der Waals surface area (Å²) in [5, 5.41) is 10.9. The number of alkyl carbamates (subject to hydrolysis) is 1. The molecule has 0 aromatic carbocycles. The number of carboxylic acid groups (broad SMARTS) is 1. The molecule has 7 heteroatoms. The van der Waals surface area contributed by atoms with Crippen LogP contribution in [-0.2, 0) is 9.53 Å². The number of rotatable bonds is 12. The molecule has 122 valence electrons. The van der Waals surface area contributed by atoms with Crippen molar-refractivity contribution in [2.24, 2.45) is 5.73 Å². The molecule has 0 aliphatic rings. The van der Waals surface area contributed by atoms with Crippen molar-refractivity contribution < 1.29 is 24.2 Å². The van der Waals surface area contributed by atoms with Crippen LogP contribution < -0.4 is 11.1 Å². The van der Waals surface area contributed by atoms with Gasteiger partial charge in [-0.05, 0) is 12.8 Å². The van der Waals surface area contributed by atoms with Gasteiger partial charge in [0.05, 0.1) is 0 Å². The normalized spacial score (nSPS) is 10.1. The van der Waals surface area contributed by atoms with Crippen LogP contribution >= 0.6 is 0 Å². The number of carbonyl (C=O) groups excluding carboxylic acids is 2. The second-order valence-electron chi connectivity index (χ2n) is 4.96. The number of amides is 2. The molecule has 2 amide bonds. The summed E-state index contributed by atoms with van der Waals surface area (Å²) in [6, 6.07) is 0. The maximum Gasteiger partial charge on any atom is 0.416 e. The summed E-state index contributed by atoms with van der Waals surface area (Å²) in [5.74, 6) is -0.719. The maximum absolute atomic E-state index is 10.9. The van der Waals surface area contributed by atoms with Gasteiger partial charge < -0.3 is 20.9 Å². The number of primary amides is 1. The number of nitrogens with one attached hydrogen (secondary N) is 1. The molecule has 0 aromatic heterocycles. The topological polar surface area (TPSA) is 119 Å². The predicted octanol–water partition coefficient (Wildman–Crippen LogP) is 2.78. The van der Waals surface area contributed by atoms with E-state index in [1.54, 1.807) is 0 Å². The van der Waals surface area contributed by atoms with Gasteiger partial charge >= 0.3 is 18.2 Å². The summed E-state index contributed by atoms with van der Waals surface area (Å²) in [5.41, 5.74) is 4.69. The first-order valence-corrected chi connectivity index (χ1v) is 7.49. The average Bonchev–Trinajstić information content (AvgIpc) is 2.38. The Morgan fingerprint density at radius 3 is 1.81 bits per heavy atom. The minimum absolute atomic E-state index is 0.269. The molecular formula is C14H26N2O5. The van der Waals surface area contributed by atoms with Gasteiger partial charge in [-0.2, -0.15) is 0 Å². The number of hydrogen-bond acceptors (Lipinski definition) is 4. The van der Waals surface area contributed by atoms with E-state index in [0.717, 1.165) is 57.8 Å². The Morgan fingerprint density at radius 2 is 1.33 bits per heavy atom. The van der Waals surface area contributed by atoms with Crippen molar-refractivity contribution in [3.63, 3.8) is 0 Å². The van der Waals surface area contributed by atoms with Crippen LogP contribution in [0, 0.1) is 0 Å². The van der Waals surface area contributed by atoms with Crippen molar-refractivity contribution >= 4 is 18.2 Å². The number of ether oxygens (including phenoxy) is 1. The molecule has 4 N–H and O–H groups in total. The Kier molecular flexibility index (Phi) is 12.1. The molecule has 0 aliphatic heterocycles. The van der Waals surface area contributed by atoms with E-state index in [9.17, 15) is 14.4 Å². The largest absolute Gasteiger partial charge is 0.481 e. The first kappa shape index (κ1) is 19.2. The minimum Gasteiger partial charge on any atom is -0.481 e. The molecule has 0 fully saturated rings. The zero-order valence-corrected chi connectivity index (χ0v) is 12.4. The monoisotopic (exact) mass is 302 g/mol. The zero-order chi connectivity index (χ0) is 15.9. The van der Waals surface area contributed by atoms with Gasteiger partial charge in [-0.15, -0.1) is 0 Å². The quantitative estimate of drug-likeness (QED) is 0.378. The molecule has 0 rings (SSSR count). The highest BCUT2D eigenvalue weighted by Crippen LogP contribution is 2.10. The van der Waals surface area contributed by atoms with Gasteiger partial charge in [0.1, 0.15) is 0 Å². The fourth-order valence-corrected chi connectivity index (χ4v) is 1.96. The van der Waals surface area contributed by atoms with Crippen LogP contribution in [-0.4, -0.2) is 29.8 Å². The lowest BCUT2D eigenvalue weighted by Crippen LogP contribution is -2.29. The standard InChI is InChI=1S/C14H26N2O5/c15-13(19)21-14(20)16-11-9-7-5-3-1-2-4-6-8-10-12(17)18/h1-11H2,(H2,15,19)(H,16,20)(H,17,18). The number of carbonyl (C=O) groups is 3. The Hall–Kier alpha value is -1.79. The lowest BCUT2D eigenvalue weighted by molar-refractivity contribution is -0.137. The minimum atomic E-state index is -1.10. The third-order valence-electron chi connectivity index (χ3n) is 3.03. The zero-order valence-electron chi connectivity index (χ0n) is 12.4. The maximum atomic E-state index is 10.9. The smallest absolute Gasteiger partial charge is 0.416 e. The van der Waals surface area contributed by atoms with E-state index in [0.29, 0.717) is 6.54 Å². The van der Waals surface area contributed by atoms with E-state index >= 15 is 0 Å². The molecule has 0 heterocycles. The first-order valence-electron chi connectivity index (χ1n) is 7.49. The number of unbranched alkanes of at least 4 members (excludes halogenated alkanes) is 8. The van der Waals surface area contributed by atoms with E-state index in [1.165, 1.54) is 0 Å². The van der Waals surface area contributed by atoms with Crippen molar-refractivity contribution in [2.45, 2.75) is 64.2 Å². The van der Waals surface area contributed by atoms with E-state index in [1.807, 2.05) is 0 Å². The molecule has 0 aliphatic carbocycles. The van der Waals surface area contributed by atoms with Gasteiger partial charge in [0, 0.05) is 13.0 Å². The van der Waals surface area contributed by atoms with Crippen LogP contribution in [0.4, 0.5) is 9.59 Å². The summed E-state index contributed by atoms with van der Waals surface area (Å²) in [7, 11) is 0. The summed E-state index contributed by atoms with van der Waals surface area (Å²) in [6.07, 6.45) is 7.60. The number of carboxylic acids is 1. The van der Waals surface area contributed by atoms with Crippen molar-refractivity contribution in [3.05, 3.63) is 0 Å². The molecule has 7 nitrogen and oxygen atoms in total. The first-order chi connectivity index (χ1) is 10.0. The molecule has 0 bridgehead atoms. The molecular weight excluding hydrogens is 276 g/mol. The van der Waals surface area contributed by atoms with Gasteiger partial charge in [0.2, 0.25) is 0 Å². The molecule has 0 unspecified atom stereocenters. The van der Waals surface area contributed by atoms with E-state index in [4.69, 9.17) is 5.11 Å². The third-order valence-corrected chi connectivity index (χ3v) is 3.03. The van der Waals surface area contributed by atoms with E-state index < -0.39 is 18.2 Å². The number of hydrogen-bond donors (Lipinski definition) is 3. The average molecular weight is 302 g/mol. The lowest BCUT2D eigenvalue weighted by Gasteiger charge is -2.04. The van der Waals surface area contributed by atoms with Crippen LogP contribution in [0.1, 0.15) is 64.2 Å². The molecule has 0 saturated heterocycles. The highest BCUT2D eigenvalue weighted by Gasteiger charge is 2.04. The molecule has 0 atom stereocenters. The molecule has 0 spiro atoms. The Balaban J connectivity index is 3.14. The summed E-state index contributed by atoms with van der Waals surface area (Å²) < 4.78 is 4.11. The number of aliphatic carboxylic acids is 1. The second kappa shape index (κ2) is 13.2. The second-order valence-corrected chi connectivity index (χ2v) is 4.96. The van der Waals surface area contributed by atoms with Crippen molar-refractivity contribution in [1.82, 2.24) is 5.32 Å². The van der Waals surface area contributed by atoms with Crippen LogP contribution in [0.3, 0.4) is 0 Å². The van der Waals surface area contributed by atoms with E-state index in [2.05, 4.69) is 15.8 Å². The SMILES string of the molecule is NC(=O)OC(=O)NCCCCCCCCCCCC(=O)O. The summed E-state index contributed by atoms with van der Waals surface area (Å²) in [6.45, 7) is 0.474. The molecule has 0 radical (unpaired) electrons. The fourth-order valence-electron chi connectivity index (χ4n) is 1.96. The highest BCUT2D eigenvalue weighted by molar-refractivity contribution is 5.82. The molecule has 21 heavy (non-hydrogen) atoms. The molecule has 0 aromatic rings. The lowest BCUT2D eigenvalue weighted by atomic mass is 10.1. The fraction of sp³-hybridized carbons (Fsp3) is 0.786. The highest BCUT2D eigenvalue weighted by atomic mass is 16.6. The predicted molar refractivity (Wildman–Crippen MR) is 77.9 cm³/mol. The van der Waals surface area contributed by atoms with Crippen molar-refractivity contribution in [2.75, 3.05) is 6.54 Å². The summed E-state index contributed by atoms with van der Waals surface area (Å²) >= 11 is 0. The van der Waals surface area contributed by atoms with Crippen LogP contribution in [0.15, 0.2) is 0 Å².